The maximum atomic E-state index is 12.7. The molecule has 1 atom stereocenters. The fraction of sp³-hybridized carbons (Fsp3) is 0.471. The van der Waals surface area contributed by atoms with Gasteiger partial charge in [0.1, 0.15) is 6.54 Å². The van der Waals surface area contributed by atoms with Gasteiger partial charge in [0.05, 0.1) is 12.7 Å². The van der Waals surface area contributed by atoms with Crippen LogP contribution in [0.5, 0.6) is 0 Å². The number of nitrogens with zero attached hydrogens (tertiary/aromatic N) is 3. The maximum Gasteiger partial charge on any atom is 0.242 e. The highest BCUT2D eigenvalue weighted by atomic mass is 32.1. The summed E-state index contributed by atoms with van der Waals surface area (Å²) >= 11 is 5.32. The molecule has 2 aromatic rings. The Bertz CT molecular complexity index is 783. The summed E-state index contributed by atoms with van der Waals surface area (Å²) in [4.78, 5) is 14.5. The van der Waals surface area contributed by atoms with E-state index in [0.29, 0.717) is 30.3 Å². The molecular formula is C17H22N4O2S. The summed E-state index contributed by atoms with van der Waals surface area (Å²) in [7, 11) is 0. The lowest BCUT2D eigenvalue weighted by atomic mass is 10.1. The molecular weight excluding hydrogens is 324 g/mol. The Kier molecular flexibility index (Phi) is 5.11. The molecule has 0 bridgehead atoms. The summed E-state index contributed by atoms with van der Waals surface area (Å²) in [5.41, 5.74) is 2.09. The molecule has 1 saturated heterocycles. The number of benzene rings is 1. The van der Waals surface area contributed by atoms with E-state index in [4.69, 9.17) is 17.0 Å². The Morgan fingerprint density at radius 2 is 2.33 bits per heavy atom. The number of ether oxygens (including phenoxy) is 1. The largest absolute Gasteiger partial charge is 0.375 e. The van der Waals surface area contributed by atoms with Gasteiger partial charge in [0.2, 0.25) is 5.91 Å². The first-order valence-corrected chi connectivity index (χ1v) is 8.61. The van der Waals surface area contributed by atoms with Crippen LogP contribution in [0.2, 0.25) is 0 Å². The summed E-state index contributed by atoms with van der Waals surface area (Å²) in [5, 5.41) is 7.11. The summed E-state index contributed by atoms with van der Waals surface area (Å²) in [6.45, 7) is 6.14. The van der Waals surface area contributed by atoms with Crippen LogP contribution in [-0.2, 0) is 16.1 Å². The van der Waals surface area contributed by atoms with Crippen molar-refractivity contribution < 1.29 is 9.53 Å². The lowest BCUT2D eigenvalue weighted by molar-refractivity contribution is -0.139. The van der Waals surface area contributed by atoms with Crippen molar-refractivity contribution >= 4 is 18.1 Å². The molecule has 1 aromatic carbocycles. The van der Waals surface area contributed by atoms with Crippen LogP contribution >= 0.6 is 12.2 Å². The number of rotatable bonds is 4. The summed E-state index contributed by atoms with van der Waals surface area (Å²) in [6.07, 6.45) is 1.03. The number of carbonyl (C=O) groups excluding carboxylic acids is 1. The molecule has 1 fully saturated rings. The van der Waals surface area contributed by atoms with Crippen molar-refractivity contribution in [3.05, 3.63) is 34.6 Å². The van der Waals surface area contributed by atoms with Crippen LogP contribution in [0.4, 0.5) is 0 Å². The van der Waals surface area contributed by atoms with Crippen LogP contribution in [0.3, 0.4) is 0 Å². The minimum absolute atomic E-state index is 0.0446. The van der Waals surface area contributed by atoms with Gasteiger partial charge in [-0.1, -0.05) is 30.7 Å². The molecule has 3 rings (SSSR count). The van der Waals surface area contributed by atoms with Crippen molar-refractivity contribution in [2.45, 2.75) is 32.9 Å². The van der Waals surface area contributed by atoms with Gasteiger partial charge in [-0.05, 0) is 31.6 Å². The van der Waals surface area contributed by atoms with Gasteiger partial charge in [0.15, 0.2) is 10.6 Å². The van der Waals surface area contributed by atoms with E-state index >= 15 is 0 Å². The molecule has 128 valence electrons. The number of hydrogen-bond donors (Lipinski definition) is 1. The van der Waals surface area contributed by atoms with Gasteiger partial charge < -0.3 is 9.64 Å². The number of amides is 1. The molecule has 1 aliphatic rings. The average Bonchev–Trinajstić information content (AvgIpc) is 2.95. The molecule has 1 amide bonds. The number of nitrogens with one attached hydrogen (secondary N) is 1. The third-order valence-corrected chi connectivity index (χ3v) is 4.59. The lowest BCUT2D eigenvalue weighted by Gasteiger charge is -2.32. The number of aryl methyl sites for hydroxylation is 1. The summed E-state index contributed by atoms with van der Waals surface area (Å²) in [5.74, 6) is 0.737. The van der Waals surface area contributed by atoms with Crippen LogP contribution < -0.4 is 0 Å². The van der Waals surface area contributed by atoms with E-state index in [1.165, 1.54) is 0 Å². The topological polar surface area (TPSA) is 63.2 Å². The highest BCUT2D eigenvalue weighted by Gasteiger charge is 2.24. The first-order valence-electron chi connectivity index (χ1n) is 8.20. The minimum atomic E-state index is 0.0446. The molecule has 0 spiro atoms. The van der Waals surface area contributed by atoms with Gasteiger partial charge in [-0.2, -0.15) is 5.10 Å². The van der Waals surface area contributed by atoms with Crippen molar-refractivity contribution in [1.82, 2.24) is 19.7 Å². The number of aromatic amines is 1. The highest BCUT2D eigenvalue weighted by Crippen LogP contribution is 2.19. The van der Waals surface area contributed by atoms with Crippen LogP contribution in [0, 0.1) is 11.7 Å². The third-order valence-electron chi connectivity index (χ3n) is 4.27. The fourth-order valence-electron chi connectivity index (χ4n) is 2.90. The van der Waals surface area contributed by atoms with Crippen molar-refractivity contribution in [2.24, 2.45) is 0 Å². The summed E-state index contributed by atoms with van der Waals surface area (Å²) < 4.78 is 7.86. The normalized spacial score (nSPS) is 17.9. The zero-order valence-corrected chi connectivity index (χ0v) is 14.8. The van der Waals surface area contributed by atoms with Crippen LogP contribution in [0.15, 0.2) is 24.3 Å². The van der Waals surface area contributed by atoms with Gasteiger partial charge in [0.25, 0.3) is 0 Å². The van der Waals surface area contributed by atoms with E-state index in [1.54, 1.807) is 4.57 Å². The first kappa shape index (κ1) is 16.9. The van der Waals surface area contributed by atoms with Crippen molar-refractivity contribution in [3.63, 3.8) is 0 Å². The highest BCUT2D eigenvalue weighted by molar-refractivity contribution is 7.71. The number of H-pyrrole nitrogens is 1. The molecule has 2 heterocycles. The van der Waals surface area contributed by atoms with Crippen molar-refractivity contribution in [3.8, 4) is 11.4 Å². The second-order valence-electron chi connectivity index (χ2n) is 6.05. The third kappa shape index (κ3) is 3.57. The molecule has 0 radical (unpaired) electrons. The molecule has 1 aliphatic heterocycles. The number of aromatic nitrogens is 3. The minimum Gasteiger partial charge on any atom is -0.375 e. The predicted molar refractivity (Wildman–Crippen MR) is 94.2 cm³/mol. The molecule has 0 aliphatic carbocycles. The maximum absolute atomic E-state index is 12.7. The molecule has 6 nitrogen and oxygen atoms in total. The van der Waals surface area contributed by atoms with E-state index in [2.05, 4.69) is 17.1 Å². The molecule has 24 heavy (non-hydrogen) atoms. The molecule has 7 heteroatoms. The molecule has 1 unspecified atom stereocenters. The monoisotopic (exact) mass is 346 g/mol. The smallest absolute Gasteiger partial charge is 0.242 e. The number of carbonyl (C=O) groups is 1. The van der Waals surface area contributed by atoms with E-state index < -0.39 is 0 Å². The van der Waals surface area contributed by atoms with E-state index in [9.17, 15) is 4.79 Å². The SMILES string of the molecule is CCC1CN(C(=O)Cn2c(-c3cccc(C)c3)n[nH]c2=S)CCO1. The Labute approximate surface area is 146 Å². The standard InChI is InChI=1S/C17H22N4O2S/c1-3-14-10-20(7-8-23-14)15(22)11-21-16(18-19-17(21)24)13-6-4-5-12(2)9-13/h4-6,9,14H,3,7-8,10-11H2,1-2H3,(H,19,24). The second kappa shape index (κ2) is 7.27. The lowest BCUT2D eigenvalue weighted by Crippen LogP contribution is -2.46. The molecule has 1 N–H and O–H groups in total. The Balaban J connectivity index is 1.81. The Morgan fingerprint density at radius 1 is 1.50 bits per heavy atom. The van der Waals surface area contributed by atoms with Crippen LogP contribution in [0.25, 0.3) is 11.4 Å². The number of morpholine rings is 1. The molecule has 1 aromatic heterocycles. The van der Waals surface area contributed by atoms with Gasteiger partial charge in [-0.3, -0.25) is 14.5 Å². The van der Waals surface area contributed by atoms with Crippen LogP contribution in [0.1, 0.15) is 18.9 Å². The van der Waals surface area contributed by atoms with Crippen molar-refractivity contribution in [2.75, 3.05) is 19.7 Å². The first-order chi connectivity index (χ1) is 11.6. The van der Waals surface area contributed by atoms with Gasteiger partial charge in [-0.15, -0.1) is 0 Å². The van der Waals surface area contributed by atoms with Gasteiger partial charge >= 0.3 is 0 Å². The zero-order valence-electron chi connectivity index (χ0n) is 14.0. The van der Waals surface area contributed by atoms with E-state index in [0.717, 1.165) is 17.5 Å². The fourth-order valence-corrected chi connectivity index (χ4v) is 3.09. The second-order valence-corrected chi connectivity index (χ2v) is 6.44. The van der Waals surface area contributed by atoms with E-state index in [1.807, 2.05) is 36.1 Å². The Hall–Kier alpha value is -1.99. The van der Waals surface area contributed by atoms with Gasteiger partial charge in [0, 0.05) is 18.7 Å². The van der Waals surface area contributed by atoms with E-state index in [-0.39, 0.29) is 18.6 Å². The predicted octanol–water partition coefficient (Wildman–Crippen LogP) is 2.55. The Morgan fingerprint density at radius 3 is 3.08 bits per heavy atom. The summed E-state index contributed by atoms with van der Waals surface area (Å²) in [6, 6.07) is 8.01. The number of hydrogen-bond acceptors (Lipinski definition) is 4. The van der Waals surface area contributed by atoms with Gasteiger partial charge in [-0.25, -0.2) is 0 Å². The quantitative estimate of drug-likeness (QED) is 0.864. The van der Waals surface area contributed by atoms with Crippen LogP contribution in [-0.4, -0.2) is 51.4 Å². The zero-order chi connectivity index (χ0) is 17.1. The van der Waals surface area contributed by atoms with Crippen molar-refractivity contribution in [1.29, 1.82) is 0 Å². The molecule has 0 saturated carbocycles. The average molecular weight is 346 g/mol.